The van der Waals surface area contributed by atoms with Gasteiger partial charge in [0.05, 0.1) is 17.9 Å². The molecule has 1 unspecified atom stereocenters. The van der Waals surface area contributed by atoms with Gasteiger partial charge in [-0.15, -0.1) is 0 Å². The highest BCUT2D eigenvalue weighted by atomic mass is 16.5. The molecule has 18 heavy (non-hydrogen) atoms. The van der Waals surface area contributed by atoms with Crippen LogP contribution in [0.15, 0.2) is 6.07 Å². The van der Waals surface area contributed by atoms with Gasteiger partial charge in [-0.05, 0) is 39.3 Å². The summed E-state index contributed by atoms with van der Waals surface area (Å²) in [4.78, 5) is 0. The number of nitrogens with two attached hydrogens (primary N) is 1. The van der Waals surface area contributed by atoms with E-state index >= 15 is 0 Å². The SMILES string of the molecule is CCn1nc(C)cc1CC(O)(CCCN)COC. The van der Waals surface area contributed by atoms with Crippen LogP contribution in [0.3, 0.4) is 0 Å². The van der Waals surface area contributed by atoms with Gasteiger partial charge >= 0.3 is 0 Å². The summed E-state index contributed by atoms with van der Waals surface area (Å²) in [5.74, 6) is 0. The molecule has 3 N–H and O–H groups in total. The number of rotatable bonds is 8. The zero-order valence-electron chi connectivity index (χ0n) is 11.6. The minimum absolute atomic E-state index is 0.320. The third-order valence-corrected chi connectivity index (χ3v) is 3.05. The van der Waals surface area contributed by atoms with E-state index in [-0.39, 0.29) is 0 Å². The largest absolute Gasteiger partial charge is 0.387 e. The van der Waals surface area contributed by atoms with Gasteiger partial charge in [-0.25, -0.2) is 0 Å². The molecule has 0 bridgehead atoms. The molecule has 5 heteroatoms. The first-order valence-corrected chi connectivity index (χ1v) is 6.49. The molecule has 1 aromatic heterocycles. The summed E-state index contributed by atoms with van der Waals surface area (Å²) in [5.41, 5.74) is 6.69. The van der Waals surface area contributed by atoms with E-state index in [0.29, 0.717) is 26.0 Å². The Morgan fingerprint density at radius 2 is 2.28 bits per heavy atom. The van der Waals surface area contributed by atoms with Crippen LogP contribution in [0.1, 0.15) is 31.2 Å². The molecule has 1 heterocycles. The Hall–Kier alpha value is -0.910. The number of methoxy groups -OCH3 is 1. The normalized spacial score (nSPS) is 14.7. The molecule has 0 aliphatic carbocycles. The smallest absolute Gasteiger partial charge is 0.0935 e. The maximum absolute atomic E-state index is 10.6. The minimum Gasteiger partial charge on any atom is -0.387 e. The van der Waals surface area contributed by atoms with Crippen LogP contribution in [-0.4, -0.2) is 40.7 Å². The van der Waals surface area contributed by atoms with E-state index < -0.39 is 5.60 Å². The van der Waals surface area contributed by atoms with Crippen LogP contribution >= 0.6 is 0 Å². The van der Waals surface area contributed by atoms with Crippen LogP contribution in [-0.2, 0) is 17.7 Å². The Kier molecular flexibility index (Phi) is 5.78. The van der Waals surface area contributed by atoms with E-state index in [4.69, 9.17) is 10.5 Å². The average molecular weight is 255 g/mol. The van der Waals surface area contributed by atoms with Gasteiger partial charge in [0.15, 0.2) is 0 Å². The second kappa shape index (κ2) is 6.87. The zero-order valence-corrected chi connectivity index (χ0v) is 11.6. The number of aryl methyl sites for hydroxylation is 2. The van der Waals surface area contributed by atoms with Crippen molar-refractivity contribution in [3.63, 3.8) is 0 Å². The maximum Gasteiger partial charge on any atom is 0.0935 e. The van der Waals surface area contributed by atoms with Gasteiger partial charge in [0.25, 0.3) is 0 Å². The fraction of sp³-hybridized carbons (Fsp3) is 0.769. The van der Waals surface area contributed by atoms with Gasteiger partial charge < -0.3 is 15.6 Å². The van der Waals surface area contributed by atoms with Crippen LogP contribution < -0.4 is 5.73 Å². The third kappa shape index (κ3) is 4.08. The molecule has 1 aromatic rings. The van der Waals surface area contributed by atoms with Crippen molar-refractivity contribution in [2.24, 2.45) is 5.73 Å². The van der Waals surface area contributed by atoms with Crippen LogP contribution in [0.25, 0.3) is 0 Å². The van der Waals surface area contributed by atoms with Gasteiger partial charge in [0.1, 0.15) is 0 Å². The summed E-state index contributed by atoms with van der Waals surface area (Å²) in [5, 5.41) is 15.0. The summed E-state index contributed by atoms with van der Waals surface area (Å²) < 4.78 is 7.07. The van der Waals surface area contributed by atoms with E-state index in [1.165, 1.54) is 0 Å². The average Bonchev–Trinajstić information content (AvgIpc) is 2.67. The van der Waals surface area contributed by atoms with Gasteiger partial charge in [-0.3, -0.25) is 4.68 Å². The van der Waals surface area contributed by atoms with Crippen molar-refractivity contribution in [2.75, 3.05) is 20.3 Å². The van der Waals surface area contributed by atoms with Crippen LogP contribution in [0.5, 0.6) is 0 Å². The summed E-state index contributed by atoms with van der Waals surface area (Å²) in [6.07, 6.45) is 1.99. The van der Waals surface area contributed by atoms with Crippen molar-refractivity contribution < 1.29 is 9.84 Å². The van der Waals surface area contributed by atoms with Crippen molar-refractivity contribution in [1.82, 2.24) is 9.78 Å². The standard InChI is InChI=1S/C13H25N3O2/c1-4-16-12(8-11(2)15-16)9-13(17,10-18-3)6-5-7-14/h8,17H,4-7,9-10,14H2,1-3H3. The zero-order chi connectivity index (χ0) is 13.6. The van der Waals surface area contributed by atoms with Crippen LogP contribution in [0.4, 0.5) is 0 Å². The fourth-order valence-electron chi connectivity index (χ4n) is 2.26. The second-order valence-corrected chi connectivity index (χ2v) is 4.82. The van der Waals surface area contributed by atoms with E-state index in [2.05, 4.69) is 5.10 Å². The minimum atomic E-state index is -0.854. The third-order valence-electron chi connectivity index (χ3n) is 3.05. The number of hydrogen-bond acceptors (Lipinski definition) is 4. The summed E-state index contributed by atoms with van der Waals surface area (Å²) >= 11 is 0. The molecule has 0 amide bonds. The summed E-state index contributed by atoms with van der Waals surface area (Å²) in [6, 6.07) is 2.02. The lowest BCUT2D eigenvalue weighted by atomic mass is 9.92. The van der Waals surface area contributed by atoms with Gasteiger partial charge in [-0.2, -0.15) is 5.10 Å². The topological polar surface area (TPSA) is 73.3 Å². The lowest BCUT2D eigenvalue weighted by Gasteiger charge is -2.27. The monoisotopic (exact) mass is 255 g/mol. The second-order valence-electron chi connectivity index (χ2n) is 4.82. The quantitative estimate of drug-likeness (QED) is 0.723. The van der Waals surface area contributed by atoms with E-state index in [1.807, 2.05) is 24.6 Å². The molecule has 0 spiro atoms. The highest BCUT2D eigenvalue weighted by molar-refractivity contribution is 5.12. The number of ether oxygens (including phenoxy) is 1. The molecule has 0 aliphatic heterocycles. The van der Waals surface area contributed by atoms with E-state index in [1.54, 1.807) is 7.11 Å². The highest BCUT2D eigenvalue weighted by Gasteiger charge is 2.28. The predicted molar refractivity (Wildman–Crippen MR) is 71.5 cm³/mol. The maximum atomic E-state index is 10.6. The van der Waals surface area contributed by atoms with Crippen molar-refractivity contribution in [1.29, 1.82) is 0 Å². The van der Waals surface area contributed by atoms with Crippen molar-refractivity contribution >= 4 is 0 Å². The first kappa shape index (κ1) is 15.1. The Labute approximate surface area is 109 Å². The van der Waals surface area contributed by atoms with E-state index in [9.17, 15) is 5.11 Å². The lowest BCUT2D eigenvalue weighted by Crippen LogP contribution is -2.38. The number of aromatic nitrogens is 2. The Bertz CT molecular complexity index is 365. The Balaban J connectivity index is 2.81. The molecular formula is C13H25N3O2. The Morgan fingerprint density at radius 1 is 1.56 bits per heavy atom. The van der Waals surface area contributed by atoms with E-state index in [0.717, 1.165) is 24.4 Å². The predicted octanol–water partition coefficient (Wildman–Crippen LogP) is 0.870. The first-order chi connectivity index (χ1) is 8.54. The molecular weight excluding hydrogens is 230 g/mol. The number of hydrogen-bond donors (Lipinski definition) is 2. The highest BCUT2D eigenvalue weighted by Crippen LogP contribution is 2.20. The molecule has 0 radical (unpaired) electrons. The van der Waals surface area contributed by atoms with Gasteiger partial charge in [0, 0.05) is 25.8 Å². The molecule has 0 saturated carbocycles. The molecule has 104 valence electrons. The Morgan fingerprint density at radius 3 is 2.83 bits per heavy atom. The van der Waals surface area contributed by atoms with Crippen molar-refractivity contribution in [3.8, 4) is 0 Å². The number of aliphatic hydroxyl groups is 1. The summed E-state index contributed by atoms with van der Waals surface area (Å²) in [7, 11) is 1.61. The van der Waals surface area contributed by atoms with Crippen molar-refractivity contribution in [2.45, 2.75) is 45.3 Å². The van der Waals surface area contributed by atoms with Crippen molar-refractivity contribution in [3.05, 3.63) is 17.5 Å². The van der Waals surface area contributed by atoms with Gasteiger partial charge in [0.2, 0.25) is 0 Å². The van der Waals surface area contributed by atoms with Crippen LogP contribution in [0, 0.1) is 6.92 Å². The molecule has 0 aromatic carbocycles. The first-order valence-electron chi connectivity index (χ1n) is 6.49. The van der Waals surface area contributed by atoms with Crippen LogP contribution in [0.2, 0.25) is 0 Å². The summed E-state index contributed by atoms with van der Waals surface area (Å²) in [6.45, 7) is 5.72. The molecule has 0 fully saturated rings. The fourth-order valence-corrected chi connectivity index (χ4v) is 2.26. The number of nitrogens with zero attached hydrogens (tertiary/aromatic N) is 2. The van der Waals surface area contributed by atoms with Gasteiger partial charge in [-0.1, -0.05) is 0 Å². The lowest BCUT2D eigenvalue weighted by molar-refractivity contribution is -0.0387. The molecule has 5 nitrogen and oxygen atoms in total. The molecule has 1 atom stereocenters. The molecule has 0 saturated heterocycles. The molecule has 1 rings (SSSR count). The molecule has 0 aliphatic rings.